The summed E-state index contributed by atoms with van der Waals surface area (Å²) in [6.45, 7) is 4.02. The third-order valence-corrected chi connectivity index (χ3v) is 5.05. The summed E-state index contributed by atoms with van der Waals surface area (Å²) in [5.74, 6) is 1.09. The highest BCUT2D eigenvalue weighted by molar-refractivity contribution is 6.32. The van der Waals surface area contributed by atoms with Crippen LogP contribution in [0.1, 0.15) is 25.3 Å². The van der Waals surface area contributed by atoms with Crippen LogP contribution in [0.4, 0.5) is 5.69 Å². The molecule has 0 spiro atoms. The van der Waals surface area contributed by atoms with Crippen LogP contribution in [0, 0.1) is 0 Å². The zero-order valence-electron chi connectivity index (χ0n) is 16.9. The minimum Gasteiger partial charge on any atom is -0.493 e. The number of halogens is 1. The predicted molar refractivity (Wildman–Crippen MR) is 118 cm³/mol. The van der Waals surface area contributed by atoms with Gasteiger partial charge in [0.2, 0.25) is 5.91 Å². The minimum absolute atomic E-state index is 0.0104. The van der Waals surface area contributed by atoms with Gasteiger partial charge in [0.25, 0.3) is 0 Å². The molecule has 154 valence electrons. The molecule has 0 bridgehead atoms. The molecule has 0 aromatic heterocycles. The second kappa shape index (κ2) is 10.2. The Morgan fingerprint density at radius 3 is 2.83 bits per heavy atom. The Balaban J connectivity index is 1.61. The van der Waals surface area contributed by atoms with Crippen LogP contribution in [0.5, 0.6) is 11.5 Å². The Bertz CT molecular complexity index is 855. The van der Waals surface area contributed by atoms with E-state index in [9.17, 15) is 4.79 Å². The van der Waals surface area contributed by atoms with Gasteiger partial charge in [0.15, 0.2) is 11.5 Å². The van der Waals surface area contributed by atoms with Gasteiger partial charge in [-0.1, -0.05) is 36.7 Å². The van der Waals surface area contributed by atoms with Crippen molar-refractivity contribution in [2.24, 2.45) is 0 Å². The summed E-state index contributed by atoms with van der Waals surface area (Å²) < 4.78 is 11.1. The summed E-state index contributed by atoms with van der Waals surface area (Å²) in [6, 6.07) is 13.9. The highest BCUT2D eigenvalue weighted by Gasteiger charge is 2.24. The van der Waals surface area contributed by atoms with E-state index in [2.05, 4.69) is 5.32 Å². The molecule has 3 rings (SSSR count). The maximum Gasteiger partial charge on any atom is 0.246 e. The van der Waals surface area contributed by atoms with Gasteiger partial charge in [-0.2, -0.15) is 0 Å². The number of benzene rings is 2. The first-order valence-corrected chi connectivity index (χ1v) is 10.3. The number of rotatable bonds is 8. The summed E-state index contributed by atoms with van der Waals surface area (Å²) >= 11 is 6.35. The van der Waals surface area contributed by atoms with E-state index in [1.165, 1.54) is 0 Å². The van der Waals surface area contributed by atoms with E-state index in [4.69, 9.17) is 21.1 Å². The predicted octanol–water partition coefficient (Wildman–Crippen LogP) is 4.86. The van der Waals surface area contributed by atoms with Crippen LogP contribution in [-0.4, -0.2) is 43.7 Å². The highest BCUT2D eigenvalue weighted by Crippen LogP contribution is 2.36. The van der Waals surface area contributed by atoms with Gasteiger partial charge >= 0.3 is 0 Å². The van der Waals surface area contributed by atoms with Gasteiger partial charge in [-0.15, -0.1) is 0 Å². The molecule has 5 nitrogen and oxygen atoms in total. The first-order chi connectivity index (χ1) is 14.1. The Hall–Kier alpha value is -2.66. The molecule has 1 atom stereocenters. The third kappa shape index (κ3) is 5.67. The molecular formula is C23H27ClN2O3. The molecule has 2 aromatic rings. The molecule has 0 radical (unpaired) electrons. The van der Waals surface area contributed by atoms with E-state index in [1.54, 1.807) is 25.3 Å². The third-order valence-electron chi connectivity index (χ3n) is 4.77. The fourth-order valence-corrected chi connectivity index (χ4v) is 3.58. The van der Waals surface area contributed by atoms with Gasteiger partial charge < -0.3 is 19.7 Å². The van der Waals surface area contributed by atoms with E-state index in [1.807, 2.05) is 48.2 Å². The molecule has 1 fully saturated rings. The van der Waals surface area contributed by atoms with Crippen molar-refractivity contribution in [3.05, 3.63) is 59.1 Å². The number of likely N-dealkylation sites (tertiary alicyclic amines) is 1. The summed E-state index contributed by atoms with van der Waals surface area (Å²) in [7, 11) is 1.58. The lowest BCUT2D eigenvalue weighted by atomic mass is 10.2. The van der Waals surface area contributed by atoms with Crippen LogP contribution < -0.4 is 14.8 Å². The first kappa shape index (κ1) is 21.1. The van der Waals surface area contributed by atoms with Crippen molar-refractivity contribution in [3.63, 3.8) is 0 Å². The van der Waals surface area contributed by atoms with E-state index >= 15 is 0 Å². The first-order valence-electron chi connectivity index (χ1n) is 9.89. The molecule has 6 heteroatoms. The maximum absolute atomic E-state index is 12.6. The van der Waals surface area contributed by atoms with Crippen LogP contribution in [0.3, 0.4) is 0 Å². The van der Waals surface area contributed by atoms with Crippen LogP contribution >= 0.6 is 11.6 Å². The largest absolute Gasteiger partial charge is 0.493 e. The number of anilines is 1. The monoisotopic (exact) mass is 414 g/mol. The number of amides is 1. The SMILES string of the molecule is CCCOc1c(Cl)cc(/C=C/C(=O)N2CCC(Nc3ccccc3)C2)cc1OC. The van der Waals surface area contributed by atoms with Crippen LogP contribution in [0.15, 0.2) is 48.5 Å². The zero-order chi connectivity index (χ0) is 20.6. The summed E-state index contributed by atoms with van der Waals surface area (Å²) in [5, 5.41) is 3.95. The average molecular weight is 415 g/mol. The number of hydrogen-bond donors (Lipinski definition) is 1. The Morgan fingerprint density at radius 2 is 2.10 bits per heavy atom. The minimum atomic E-state index is -0.0104. The second-order valence-electron chi connectivity index (χ2n) is 7.00. The molecule has 1 aliphatic heterocycles. The van der Waals surface area contributed by atoms with E-state index in [-0.39, 0.29) is 11.9 Å². The van der Waals surface area contributed by atoms with Crippen molar-refractivity contribution >= 4 is 29.3 Å². The fourth-order valence-electron chi connectivity index (χ4n) is 3.30. The van der Waals surface area contributed by atoms with Gasteiger partial charge in [0.05, 0.1) is 18.7 Å². The van der Waals surface area contributed by atoms with Gasteiger partial charge in [-0.05, 0) is 48.7 Å². The number of carbonyl (C=O) groups excluding carboxylic acids is 1. The summed E-state index contributed by atoms with van der Waals surface area (Å²) in [5.41, 5.74) is 1.87. The lowest BCUT2D eigenvalue weighted by molar-refractivity contribution is -0.124. The number of hydrogen-bond acceptors (Lipinski definition) is 4. The molecule has 1 amide bonds. The molecule has 0 aliphatic carbocycles. The van der Waals surface area contributed by atoms with Crippen LogP contribution in [0.2, 0.25) is 5.02 Å². The van der Waals surface area contributed by atoms with Crippen molar-refractivity contribution < 1.29 is 14.3 Å². The molecule has 1 saturated heterocycles. The molecule has 1 aliphatic rings. The van der Waals surface area contributed by atoms with E-state index in [0.717, 1.165) is 30.6 Å². The summed E-state index contributed by atoms with van der Waals surface area (Å²) in [4.78, 5) is 14.4. The van der Waals surface area contributed by atoms with Crippen molar-refractivity contribution in [2.75, 3.05) is 32.1 Å². The Kier molecular flexibility index (Phi) is 7.42. The number of ether oxygens (including phenoxy) is 2. The lowest BCUT2D eigenvalue weighted by Crippen LogP contribution is -2.30. The normalized spacial score (nSPS) is 16.2. The Labute approximate surface area is 177 Å². The van der Waals surface area contributed by atoms with E-state index in [0.29, 0.717) is 29.7 Å². The molecule has 1 N–H and O–H groups in total. The number of carbonyl (C=O) groups is 1. The maximum atomic E-state index is 12.6. The fraction of sp³-hybridized carbons (Fsp3) is 0.348. The number of nitrogens with one attached hydrogen (secondary N) is 1. The van der Waals surface area contributed by atoms with Crippen LogP contribution in [0.25, 0.3) is 6.08 Å². The van der Waals surface area contributed by atoms with Gasteiger partial charge in [-0.25, -0.2) is 0 Å². The van der Waals surface area contributed by atoms with Crippen LogP contribution in [-0.2, 0) is 4.79 Å². The molecular weight excluding hydrogens is 388 g/mol. The zero-order valence-corrected chi connectivity index (χ0v) is 17.6. The van der Waals surface area contributed by atoms with Crippen molar-refractivity contribution in [3.8, 4) is 11.5 Å². The van der Waals surface area contributed by atoms with Gasteiger partial charge in [0, 0.05) is 30.9 Å². The molecule has 2 aromatic carbocycles. The van der Waals surface area contributed by atoms with E-state index < -0.39 is 0 Å². The smallest absolute Gasteiger partial charge is 0.246 e. The van der Waals surface area contributed by atoms with Crippen molar-refractivity contribution in [2.45, 2.75) is 25.8 Å². The highest BCUT2D eigenvalue weighted by atomic mass is 35.5. The molecule has 29 heavy (non-hydrogen) atoms. The van der Waals surface area contributed by atoms with Gasteiger partial charge in [0.1, 0.15) is 0 Å². The van der Waals surface area contributed by atoms with Crippen molar-refractivity contribution in [1.29, 1.82) is 0 Å². The Morgan fingerprint density at radius 1 is 1.31 bits per heavy atom. The number of nitrogens with zero attached hydrogens (tertiary/aromatic N) is 1. The van der Waals surface area contributed by atoms with Crippen molar-refractivity contribution in [1.82, 2.24) is 4.90 Å². The standard InChI is InChI=1S/C23H27ClN2O3/c1-3-13-29-23-20(24)14-17(15-21(23)28-2)9-10-22(27)26-12-11-19(16-26)25-18-7-5-4-6-8-18/h4-10,14-15,19,25H,3,11-13,16H2,1-2H3/b10-9+. The number of para-hydroxylation sites is 1. The lowest BCUT2D eigenvalue weighted by Gasteiger charge is -2.16. The molecule has 1 unspecified atom stereocenters. The van der Waals surface area contributed by atoms with Gasteiger partial charge in [-0.3, -0.25) is 4.79 Å². The molecule has 1 heterocycles. The topological polar surface area (TPSA) is 50.8 Å². The molecule has 0 saturated carbocycles. The quantitative estimate of drug-likeness (QED) is 0.626. The second-order valence-corrected chi connectivity index (χ2v) is 7.40. The average Bonchev–Trinajstić information content (AvgIpc) is 3.20. The summed E-state index contributed by atoms with van der Waals surface area (Å²) in [6.07, 6.45) is 5.16. The number of methoxy groups -OCH3 is 1.